The maximum Gasteiger partial charge on any atom is 0.253 e. The van der Waals surface area contributed by atoms with Crippen molar-refractivity contribution in [1.82, 2.24) is 4.90 Å². The fourth-order valence-electron chi connectivity index (χ4n) is 2.02. The molecule has 1 saturated heterocycles. The van der Waals surface area contributed by atoms with Gasteiger partial charge in [-0.15, -0.1) is 0 Å². The summed E-state index contributed by atoms with van der Waals surface area (Å²) < 4.78 is 5.49. The highest BCUT2D eigenvalue weighted by molar-refractivity contribution is 5.94. The highest BCUT2D eigenvalue weighted by Crippen LogP contribution is 2.16. The Kier molecular flexibility index (Phi) is 4.02. The molecule has 2 rings (SSSR count). The van der Waals surface area contributed by atoms with Gasteiger partial charge in [-0.3, -0.25) is 4.79 Å². The molecule has 0 aromatic heterocycles. The molecule has 0 spiro atoms. The second-order valence-electron chi connectivity index (χ2n) is 4.37. The third kappa shape index (κ3) is 2.99. The molecule has 1 aliphatic rings. The predicted molar refractivity (Wildman–Crippen MR) is 67.4 cm³/mol. The van der Waals surface area contributed by atoms with E-state index in [1.54, 1.807) is 0 Å². The number of amides is 1. The molecule has 1 fully saturated rings. The van der Waals surface area contributed by atoms with Crippen molar-refractivity contribution in [3.8, 4) is 5.75 Å². The number of ether oxygens (including phenoxy) is 1. The zero-order chi connectivity index (χ0) is 12.1. The van der Waals surface area contributed by atoms with Crippen molar-refractivity contribution in [2.75, 3.05) is 19.7 Å². The van der Waals surface area contributed by atoms with Crippen LogP contribution < -0.4 is 4.74 Å². The smallest absolute Gasteiger partial charge is 0.253 e. The number of rotatable bonds is 4. The van der Waals surface area contributed by atoms with Crippen LogP contribution in [0, 0.1) is 0 Å². The van der Waals surface area contributed by atoms with Crippen molar-refractivity contribution in [3.05, 3.63) is 29.8 Å². The van der Waals surface area contributed by atoms with Gasteiger partial charge in [-0.2, -0.15) is 0 Å². The summed E-state index contributed by atoms with van der Waals surface area (Å²) in [7, 11) is 0. The topological polar surface area (TPSA) is 29.5 Å². The summed E-state index contributed by atoms with van der Waals surface area (Å²) in [6.45, 7) is 4.59. The van der Waals surface area contributed by atoms with Gasteiger partial charge in [0, 0.05) is 18.7 Å². The minimum atomic E-state index is 0.143. The highest BCUT2D eigenvalue weighted by Gasteiger charge is 2.19. The summed E-state index contributed by atoms with van der Waals surface area (Å²) in [6, 6.07) is 7.45. The zero-order valence-corrected chi connectivity index (χ0v) is 10.3. The first-order valence-electron chi connectivity index (χ1n) is 6.33. The van der Waals surface area contributed by atoms with Gasteiger partial charge in [0.05, 0.1) is 6.61 Å². The monoisotopic (exact) mass is 233 g/mol. The molecule has 1 aromatic rings. The van der Waals surface area contributed by atoms with Crippen molar-refractivity contribution in [1.29, 1.82) is 0 Å². The Bertz CT molecular complexity index is 366. The Morgan fingerprint density at radius 1 is 1.24 bits per heavy atom. The van der Waals surface area contributed by atoms with Crippen LogP contribution in [-0.4, -0.2) is 30.5 Å². The first-order chi connectivity index (χ1) is 8.31. The number of hydrogen-bond donors (Lipinski definition) is 0. The summed E-state index contributed by atoms with van der Waals surface area (Å²) in [5.41, 5.74) is 0.760. The molecule has 0 N–H and O–H groups in total. The number of benzene rings is 1. The fraction of sp³-hybridized carbons (Fsp3) is 0.500. The van der Waals surface area contributed by atoms with E-state index in [4.69, 9.17) is 4.74 Å². The van der Waals surface area contributed by atoms with Gasteiger partial charge in [-0.1, -0.05) is 6.92 Å². The van der Waals surface area contributed by atoms with E-state index in [2.05, 4.69) is 6.92 Å². The molecular weight excluding hydrogens is 214 g/mol. The van der Waals surface area contributed by atoms with Crippen LogP contribution in [-0.2, 0) is 0 Å². The lowest BCUT2D eigenvalue weighted by Crippen LogP contribution is -2.27. The van der Waals surface area contributed by atoms with E-state index in [-0.39, 0.29) is 5.91 Å². The molecule has 0 bridgehead atoms. The van der Waals surface area contributed by atoms with Gasteiger partial charge in [-0.25, -0.2) is 0 Å². The molecule has 3 heteroatoms. The zero-order valence-electron chi connectivity index (χ0n) is 10.3. The van der Waals surface area contributed by atoms with E-state index in [1.807, 2.05) is 29.2 Å². The second-order valence-corrected chi connectivity index (χ2v) is 4.37. The number of likely N-dealkylation sites (tertiary alicyclic amines) is 1. The lowest BCUT2D eigenvalue weighted by Gasteiger charge is -2.15. The lowest BCUT2D eigenvalue weighted by atomic mass is 10.2. The Hall–Kier alpha value is -1.51. The van der Waals surface area contributed by atoms with Gasteiger partial charge in [0.2, 0.25) is 0 Å². The molecule has 1 heterocycles. The van der Waals surface area contributed by atoms with E-state index in [1.165, 1.54) is 0 Å². The Balaban J connectivity index is 1.99. The maximum absolute atomic E-state index is 12.1. The molecule has 0 radical (unpaired) electrons. The van der Waals surface area contributed by atoms with Crippen LogP contribution in [0.2, 0.25) is 0 Å². The van der Waals surface area contributed by atoms with Crippen LogP contribution in [0.25, 0.3) is 0 Å². The summed E-state index contributed by atoms with van der Waals surface area (Å²) in [5, 5.41) is 0. The molecule has 1 aromatic carbocycles. The Morgan fingerprint density at radius 3 is 2.47 bits per heavy atom. The molecule has 0 unspecified atom stereocenters. The van der Waals surface area contributed by atoms with E-state index in [0.717, 1.165) is 50.3 Å². The molecule has 17 heavy (non-hydrogen) atoms. The van der Waals surface area contributed by atoms with Gasteiger partial charge in [0.25, 0.3) is 5.91 Å². The first-order valence-corrected chi connectivity index (χ1v) is 6.33. The summed E-state index contributed by atoms with van der Waals surface area (Å²) >= 11 is 0. The third-order valence-electron chi connectivity index (χ3n) is 2.97. The van der Waals surface area contributed by atoms with Crippen LogP contribution in [0.5, 0.6) is 5.75 Å². The second kappa shape index (κ2) is 5.71. The summed E-state index contributed by atoms with van der Waals surface area (Å²) in [6.07, 6.45) is 3.25. The lowest BCUT2D eigenvalue weighted by molar-refractivity contribution is 0.0793. The average Bonchev–Trinajstić information content (AvgIpc) is 2.90. The molecule has 92 valence electrons. The van der Waals surface area contributed by atoms with Crippen LogP contribution in [0.15, 0.2) is 24.3 Å². The molecule has 0 atom stereocenters. The predicted octanol–water partition coefficient (Wildman–Crippen LogP) is 2.71. The SMILES string of the molecule is CCCOc1ccc(C(=O)N2CCCC2)cc1. The molecule has 1 aliphatic heterocycles. The van der Waals surface area contributed by atoms with E-state index < -0.39 is 0 Å². The van der Waals surface area contributed by atoms with Crippen molar-refractivity contribution >= 4 is 5.91 Å². The highest BCUT2D eigenvalue weighted by atomic mass is 16.5. The van der Waals surface area contributed by atoms with Gasteiger partial charge in [0.1, 0.15) is 5.75 Å². The first kappa shape index (κ1) is 12.0. The molecule has 1 amide bonds. The number of nitrogens with zero attached hydrogens (tertiary/aromatic N) is 1. The van der Waals surface area contributed by atoms with E-state index >= 15 is 0 Å². The van der Waals surface area contributed by atoms with Crippen LogP contribution >= 0.6 is 0 Å². The van der Waals surface area contributed by atoms with Crippen LogP contribution in [0.1, 0.15) is 36.5 Å². The molecule has 0 saturated carbocycles. The Labute approximate surface area is 102 Å². The van der Waals surface area contributed by atoms with Gasteiger partial charge < -0.3 is 9.64 Å². The van der Waals surface area contributed by atoms with Crippen molar-refractivity contribution in [3.63, 3.8) is 0 Å². The normalized spacial score (nSPS) is 15.0. The van der Waals surface area contributed by atoms with E-state index in [0.29, 0.717) is 0 Å². The number of carbonyl (C=O) groups is 1. The molecule has 3 nitrogen and oxygen atoms in total. The van der Waals surface area contributed by atoms with Crippen LogP contribution in [0.3, 0.4) is 0 Å². The van der Waals surface area contributed by atoms with Gasteiger partial charge in [-0.05, 0) is 43.5 Å². The largest absolute Gasteiger partial charge is 0.494 e. The maximum atomic E-state index is 12.1. The summed E-state index contributed by atoms with van der Waals surface area (Å²) in [5.74, 6) is 0.981. The minimum absolute atomic E-state index is 0.143. The minimum Gasteiger partial charge on any atom is -0.494 e. The fourth-order valence-corrected chi connectivity index (χ4v) is 2.02. The molecule has 0 aliphatic carbocycles. The number of hydrogen-bond acceptors (Lipinski definition) is 2. The third-order valence-corrected chi connectivity index (χ3v) is 2.97. The van der Waals surface area contributed by atoms with Crippen molar-refractivity contribution in [2.45, 2.75) is 26.2 Å². The molecular formula is C14H19NO2. The standard InChI is InChI=1S/C14H19NO2/c1-2-11-17-13-7-5-12(6-8-13)14(16)15-9-3-4-10-15/h5-8H,2-4,9-11H2,1H3. The quantitative estimate of drug-likeness (QED) is 0.800. The van der Waals surface area contributed by atoms with Gasteiger partial charge >= 0.3 is 0 Å². The van der Waals surface area contributed by atoms with E-state index in [9.17, 15) is 4.79 Å². The van der Waals surface area contributed by atoms with Crippen LogP contribution in [0.4, 0.5) is 0 Å². The number of carbonyl (C=O) groups excluding carboxylic acids is 1. The van der Waals surface area contributed by atoms with Gasteiger partial charge in [0.15, 0.2) is 0 Å². The summed E-state index contributed by atoms with van der Waals surface area (Å²) in [4.78, 5) is 14.0. The van der Waals surface area contributed by atoms with Crippen molar-refractivity contribution in [2.24, 2.45) is 0 Å². The average molecular weight is 233 g/mol. The Morgan fingerprint density at radius 2 is 1.88 bits per heavy atom. The van der Waals surface area contributed by atoms with Crippen molar-refractivity contribution < 1.29 is 9.53 Å².